The lowest BCUT2D eigenvalue weighted by atomic mass is 10.1. The molecule has 0 fully saturated rings. The number of halogens is 1. The zero-order chi connectivity index (χ0) is 22.2. The van der Waals surface area contributed by atoms with Gasteiger partial charge in [0, 0.05) is 10.2 Å². The van der Waals surface area contributed by atoms with Crippen LogP contribution in [-0.4, -0.2) is 17.0 Å². The molecule has 0 unspecified atom stereocenters. The zero-order valence-corrected chi connectivity index (χ0v) is 17.8. The summed E-state index contributed by atoms with van der Waals surface area (Å²) < 4.78 is 6.52. The van der Waals surface area contributed by atoms with E-state index < -0.39 is 11.9 Å². The summed E-state index contributed by atoms with van der Waals surface area (Å²) in [6.45, 7) is 0.285. The molecule has 3 rings (SSSR count). The smallest absolute Gasteiger partial charge is 0.335 e. The molecule has 154 valence electrons. The number of nitrogens with one attached hydrogen (secondary N) is 1. The number of carboxylic acids is 1. The van der Waals surface area contributed by atoms with E-state index in [-0.39, 0.29) is 17.7 Å². The minimum atomic E-state index is -0.974. The van der Waals surface area contributed by atoms with Gasteiger partial charge in [-0.05, 0) is 59.7 Å². The van der Waals surface area contributed by atoms with Crippen LogP contribution < -0.4 is 10.1 Å². The summed E-state index contributed by atoms with van der Waals surface area (Å²) in [5, 5.41) is 21.0. The molecule has 0 bridgehead atoms. The van der Waals surface area contributed by atoms with Crippen molar-refractivity contribution in [1.82, 2.24) is 0 Å². The second kappa shape index (κ2) is 10.2. The van der Waals surface area contributed by atoms with Crippen LogP contribution in [0.15, 0.2) is 82.8 Å². The number of carboxylic acid groups (broad SMARTS) is 1. The van der Waals surface area contributed by atoms with Crippen molar-refractivity contribution in [3.8, 4) is 11.8 Å². The number of aromatic carboxylic acids is 1. The summed E-state index contributed by atoms with van der Waals surface area (Å²) in [6.07, 6.45) is 1.50. The molecule has 0 spiro atoms. The lowest BCUT2D eigenvalue weighted by molar-refractivity contribution is -0.112. The highest BCUT2D eigenvalue weighted by Gasteiger charge is 2.10. The molecule has 3 aromatic rings. The predicted molar refractivity (Wildman–Crippen MR) is 121 cm³/mol. The van der Waals surface area contributed by atoms with Crippen LogP contribution in [0.3, 0.4) is 0 Å². The quantitative estimate of drug-likeness (QED) is 0.357. The number of hydrogen-bond acceptors (Lipinski definition) is 4. The third kappa shape index (κ3) is 6.29. The maximum absolute atomic E-state index is 12.4. The molecule has 1 amide bonds. The fraction of sp³-hybridized carbons (Fsp3) is 0.0417. The van der Waals surface area contributed by atoms with Crippen molar-refractivity contribution in [3.63, 3.8) is 0 Å². The first-order chi connectivity index (χ1) is 14.9. The fourth-order valence-corrected chi connectivity index (χ4v) is 3.05. The number of rotatable bonds is 7. The minimum absolute atomic E-state index is 0.0211. The van der Waals surface area contributed by atoms with E-state index in [0.717, 1.165) is 10.0 Å². The van der Waals surface area contributed by atoms with E-state index in [1.165, 1.54) is 18.2 Å². The average molecular weight is 477 g/mol. The Hall–Kier alpha value is -3.89. The third-order valence-electron chi connectivity index (χ3n) is 4.25. The van der Waals surface area contributed by atoms with Gasteiger partial charge in [-0.3, -0.25) is 4.79 Å². The first-order valence-electron chi connectivity index (χ1n) is 9.18. The maximum Gasteiger partial charge on any atom is 0.335 e. The van der Waals surface area contributed by atoms with Crippen LogP contribution >= 0.6 is 15.9 Å². The number of hydrogen-bond donors (Lipinski definition) is 2. The molecule has 2 N–H and O–H groups in total. The molecule has 0 aliphatic heterocycles. The molecule has 0 aliphatic carbocycles. The van der Waals surface area contributed by atoms with Crippen molar-refractivity contribution < 1.29 is 19.4 Å². The second-order valence-corrected chi connectivity index (χ2v) is 7.41. The Bertz CT molecular complexity index is 1160. The largest absolute Gasteiger partial charge is 0.489 e. The van der Waals surface area contributed by atoms with Crippen molar-refractivity contribution in [3.05, 3.63) is 99.5 Å². The number of amides is 1. The predicted octanol–water partition coefficient (Wildman–Crippen LogP) is 5.27. The van der Waals surface area contributed by atoms with Gasteiger partial charge in [-0.2, -0.15) is 5.26 Å². The summed E-state index contributed by atoms with van der Waals surface area (Å²) in [5.41, 5.74) is 2.30. The van der Waals surface area contributed by atoms with Gasteiger partial charge in [-0.1, -0.05) is 46.3 Å². The third-order valence-corrected chi connectivity index (χ3v) is 4.74. The molecule has 0 saturated heterocycles. The van der Waals surface area contributed by atoms with Gasteiger partial charge in [0.05, 0.1) is 5.56 Å². The van der Waals surface area contributed by atoms with Gasteiger partial charge in [0.15, 0.2) is 0 Å². The molecule has 6 nitrogen and oxygen atoms in total. The molecule has 0 radical (unpaired) electrons. The van der Waals surface area contributed by atoms with Crippen LogP contribution in [0.4, 0.5) is 5.69 Å². The van der Waals surface area contributed by atoms with Crippen LogP contribution in [0.2, 0.25) is 0 Å². The Morgan fingerprint density at radius 3 is 2.39 bits per heavy atom. The van der Waals surface area contributed by atoms with Crippen LogP contribution in [-0.2, 0) is 11.4 Å². The van der Waals surface area contributed by atoms with Gasteiger partial charge in [-0.25, -0.2) is 4.79 Å². The standard InChI is InChI=1S/C24H17BrN2O4/c25-20-2-1-3-21(13-20)27-23(28)19(14-26)12-16-6-10-22(11-7-16)31-15-17-4-8-18(9-5-17)24(29)30/h1-13H,15H2,(H,27,28)(H,29,30)/b19-12+. The highest BCUT2D eigenvalue weighted by atomic mass is 79.9. The van der Waals surface area contributed by atoms with Gasteiger partial charge >= 0.3 is 5.97 Å². The lowest BCUT2D eigenvalue weighted by Crippen LogP contribution is -2.13. The number of nitriles is 1. The van der Waals surface area contributed by atoms with E-state index in [4.69, 9.17) is 9.84 Å². The van der Waals surface area contributed by atoms with Crippen molar-refractivity contribution in [2.75, 3.05) is 5.32 Å². The number of carbonyl (C=O) groups excluding carboxylic acids is 1. The number of anilines is 1. The van der Waals surface area contributed by atoms with Crippen LogP contribution in [0.1, 0.15) is 21.5 Å². The first-order valence-corrected chi connectivity index (χ1v) is 9.98. The van der Waals surface area contributed by atoms with E-state index in [9.17, 15) is 14.9 Å². The second-order valence-electron chi connectivity index (χ2n) is 6.49. The maximum atomic E-state index is 12.4. The van der Waals surface area contributed by atoms with Gasteiger partial charge in [0.2, 0.25) is 0 Å². The molecule has 3 aromatic carbocycles. The van der Waals surface area contributed by atoms with Crippen molar-refractivity contribution in [2.24, 2.45) is 0 Å². The molecule has 0 aromatic heterocycles. The van der Waals surface area contributed by atoms with Crippen molar-refractivity contribution in [1.29, 1.82) is 5.26 Å². The molecular weight excluding hydrogens is 460 g/mol. The average Bonchev–Trinajstić information content (AvgIpc) is 2.77. The highest BCUT2D eigenvalue weighted by molar-refractivity contribution is 9.10. The summed E-state index contributed by atoms with van der Waals surface area (Å²) in [6, 6.07) is 22.4. The summed E-state index contributed by atoms with van der Waals surface area (Å²) in [4.78, 5) is 23.3. The Morgan fingerprint density at radius 2 is 1.77 bits per heavy atom. The molecule has 7 heteroatoms. The van der Waals surface area contributed by atoms with Crippen molar-refractivity contribution in [2.45, 2.75) is 6.61 Å². The Kier molecular flexibility index (Phi) is 7.20. The van der Waals surface area contributed by atoms with E-state index in [2.05, 4.69) is 21.2 Å². The molecular formula is C24H17BrN2O4. The Labute approximate surface area is 187 Å². The van der Waals surface area contributed by atoms with Gasteiger partial charge in [0.25, 0.3) is 5.91 Å². The number of carbonyl (C=O) groups is 2. The van der Waals surface area contributed by atoms with Crippen molar-refractivity contribution >= 4 is 39.6 Å². The van der Waals surface area contributed by atoms with Gasteiger partial charge in [-0.15, -0.1) is 0 Å². The van der Waals surface area contributed by atoms with E-state index >= 15 is 0 Å². The number of ether oxygens (including phenoxy) is 1. The number of nitrogens with zero attached hydrogens (tertiary/aromatic N) is 1. The van der Waals surface area contributed by atoms with E-state index in [1.54, 1.807) is 54.6 Å². The van der Waals surface area contributed by atoms with Gasteiger partial charge in [0.1, 0.15) is 24.0 Å². The molecule has 0 heterocycles. The van der Waals surface area contributed by atoms with Crippen LogP contribution in [0.5, 0.6) is 5.75 Å². The lowest BCUT2D eigenvalue weighted by Gasteiger charge is -2.07. The summed E-state index contributed by atoms with van der Waals surface area (Å²) >= 11 is 3.34. The van der Waals surface area contributed by atoms with E-state index in [1.807, 2.05) is 12.1 Å². The fourth-order valence-electron chi connectivity index (χ4n) is 2.65. The Morgan fingerprint density at radius 1 is 1.06 bits per heavy atom. The zero-order valence-electron chi connectivity index (χ0n) is 16.2. The normalized spacial score (nSPS) is 10.8. The monoisotopic (exact) mass is 476 g/mol. The molecule has 0 aliphatic rings. The van der Waals surface area contributed by atoms with Crippen LogP contribution in [0, 0.1) is 11.3 Å². The topological polar surface area (TPSA) is 99.4 Å². The van der Waals surface area contributed by atoms with E-state index in [0.29, 0.717) is 17.0 Å². The summed E-state index contributed by atoms with van der Waals surface area (Å²) in [5.74, 6) is -0.861. The first kappa shape index (κ1) is 21.8. The van der Waals surface area contributed by atoms with Crippen LogP contribution in [0.25, 0.3) is 6.08 Å². The minimum Gasteiger partial charge on any atom is -0.489 e. The Balaban J connectivity index is 1.62. The molecule has 31 heavy (non-hydrogen) atoms. The van der Waals surface area contributed by atoms with Gasteiger partial charge < -0.3 is 15.2 Å². The SMILES string of the molecule is N#C/C(=C\c1ccc(OCc2ccc(C(=O)O)cc2)cc1)C(=O)Nc1cccc(Br)c1. The summed E-state index contributed by atoms with van der Waals surface area (Å²) in [7, 11) is 0. The molecule has 0 saturated carbocycles. The molecule has 0 atom stereocenters. The number of benzene rings is 3. The highest BCUT2D eigenvalue weighted by Crippen LogP contribution is 2.19.